The van der Waals surface area contributed by atoms with Crippen molar-refractivity contribution in [3.63, 3.8) is 0 Å². The van der Waals surface area contributed by atoms with Crippen LogP contribution in [0.4, 0.5) is 4.39 Å². The van der Waals surface area contributed by atoms with E-state index in [2.05, 4.69) is 12.2 Å². The van der Waals surface area contributed by atoms with E-state index in [1.165, 1.54) is 31.2 Å². The van der Waals surface area contributed by atoms with Crippen LogP contribution in [0.3, 0.4) is 0 Å². The Labute approximate surface area is 110 Å². The second-order valence-corrected chi connectivity index (χ2v) is 5.46. The fraction of sp³-hybridized carbons (Fsp3) is 0.625. The van der Waals surface area contributed by atoms with E-state index >= 15 is 0 Å². The van der Waals surface area contributed by atoms with E-state index in [1.54, 1.807) is 12.1 Å². The van der Waals surface area contributed by atoms with Crippen LogP contribution >= 0.6 is 0 Å². The monoisotopic (exact) mass is 249 g/mol. The highest BCUT2D eigenvalue weighted by Crippen LogP contribution is 2.38. The first-order chi connectivity index (χ1) is 8.72. The molecule has 1 fully saturated rings. The number of nitrogens with one attached hydrogen (secondary N) is 1. The molecule has 1 aliphatic rings. The van der Waals surface area contributed by atoms with Crippen LogP contribution < -0.4 is 5.32 Å². The lowest BCUT2D eigenvalue weighted by molar-refractivity contribution is 0.296. The van der Waals surface area contributed by atoms with Crippen LogP contribution in [0, 0.1) is 18.7 Å². The Morgan fingerprint density at radius 3 is 2.78 bits per heavy atom. The summed E-state index contributed by atoms with van der Waals surface area (Å²) in [6.45, 7) is 6.32. The maximum Gasteiger partial charge on any atom is 0.123 e. The lowest BCUT2D eigenvalue weighted by Gasteiger charge is -2.33. The third kappa shape index (κ3) is 3.11. The molecule has 100 valence electrons. The zero-order valence-corrected chi connectivity index (χ0v) is 11.5. The van der Waals surface area contributed by atoms with E-state index in [4.69, 9.17) is 0 Å². The minimum atomic E-state index is -0.115. The number of aryl methyl sites for hydroxylation is 1. The maximum absolute atomic E-state index is 13.2. The zero-order chi connectivity index (χ0) is 13.0. The molecule has 2 unspecified atom stereocenters. The quantitative estimate of drug-likeness (QED) is 0.850. The van der Waals surface area contributed by atoms with Gasteiger partial charge >= 0.3 is 0 Å². The second-order valence-electron chi connectivity index (χ2n) is 5.46. The number of hydrogen-bond acceptors (Lipinski definition) is 1. The molecule has 1 saturated carbocycles. The largest absolute Gasteiger partial charge is 0.317 e. The van der Waals surface area contributed by atoms with Gasteiger partial charge in [0.05, 0.1) is 0 Å². The van der Waals surface area contributed by atoms with Gasteiger partial charge in [0.15, 0.2) is 0 Å². The first-order valence-electron chi connectivity index (χ1n) is 7.19. The predicted octanol–water partition coefficient (Wildman–Crippen LogP) is 4.02. The summed E-state index contributed by atoms with van der Waals surface area (Å²) in [7, 11) is 0. The van der Waals surface area contributed by atoms with E-state index in [9.17, 15) is 4.39 Å². The highest BCUT2D eigenvalue weighted by Gasteiger charge is 2.27. The lowest BCUT2D eigenvalue weighted by atomic mass is 9.74. The normalized spacial score (nSPS) is 24.2. The summed E-state index contributed by atoms with van der Waals surface area (Å²) in [4.78, 5) is 0. The van der Waals surface area contributed by atoms with E-state index in [1.807, 2.05) is 13.0 Å². The van der Waals surface area contributed by atoms with Crippen molar-refractivity contribution in [3.05, 3.63) is 35.1 Å². The van der Waals surface area contributed by atoms with E-state index in [0.29, 0.717) is 11.8 Å². The lowest BCUT2D eigenvalue weighted by Crippen LogP contribution is -2.29. The number of rotatable bonds is 4. The van der Waals surface area contributed by atoms with Crippen LogP contribution in [-0.2, 0) is 0 Å². The number of benzene rings is 1. The number of hydrogen-bond donors (Lipinski definition) is 1. The van der Waals surface area contributed by atoms with Crippen molar-refractivity contribution in [2.45, 2.75) is 45.4 Å². The minimum Gasteiger partial charge on any atom is -0.317 e. The van der Waals surface area contributed by atoms with Gasteiger partial charge in [0.1, 0.15) is 5.82 Å². The van der Waals surface area contributed by atoms with Gasteiger partial charge in [0.2, 0.25) is 0 Å². The second kappa shape index (κ2) is 6.33. The Bertz CT molecular complexity index is 389. The zero-order valence-electron chi connectivity index (χ0n) is 11.5. The summed E-state index contributed by atoms with van der Waals surface area (Å²) < 4.78 is 13.2. The van der Waals surface area contributed by atoms with Gasteiger partial charge in [-0.25, -0.2) is 4.39 Å². The third-order valence-corrected chi connectivity index (χ3v) is 4.20. The summed E-state index contributed by atoms with van der Waals surface area (Å²) >= 11 is 0. The molecule has 1 nitrogen and oxygen atoms in total. The molecular weight excluding hydrogens is 225 g/mol. The van der Waals surface area contributed by atoms with Crippen LogP contribution in [0.15, 0.2) is 18.2 Å². The molecule has 2 heteroatoms. The Kier molecular flexibility index (Phi) is 4.76. The molecule has 0 saturated heterocycles. The molecule has 1 aromatic carbocycles. The van der Waals surface area contributed by atoms with Crippen LogP contribution in [-0.4, -0.2) is 13.1 Å². The molecule has 0 radical (unpaired) electrons. The van der Waals surface area contributed by atoms with Gasteiger partial charge in [-0.15, -0.1) is 0 Å². The first-order valence-corrected chi connectivity index (χ1v) is 7.19. The van der Waals surface area contributed by atoms with Gasteiger partial charge in [-0.1, -0.05) is 25.8 Å². The summed E-state index contributed by atoms with van der Waals surface area (Å²) in [5.74, 6) is 1.21. The molecule has 1 aromatic rings. The molecule has 2 rings (SSSR count). The Morgan fingerprint density at radius 2 is 2.06 bits per heavy atom. The molecule has 0 amide bonds. The van der Waals surface area contributed by atoms with Crippen molar-refractivity contribution in [3.8, 4) is 0 Å². The molecule has 18 heavy (non-hydrogen) atoms. The maximum atomic E-state index is 13.2. The van der Waals surface area contributed by atoms with E-state index < -0.39 is 0 Å². The summed E-state index contributed by atoms with van der Waals surface area (Å²) in [5, 5.41) is 3.47. The van der Waals surface area contributed by atoms with Crippen molar-refractivity contribution in [2.24, 2.45) is 5.92 Å². The van der Waals surface area contributed by atoms with E-state index in [0.717, 1.165) is 18.7 Å². The van der Waals surface area contributed by atoms with Crippen LogP contribution in [0.5, 0.6) is 0 Å². The summed E-state index contributed by atoms with van der Waals surface area (Å²) in [5.41, 5.74) is 2.47. The molecule has 0 aliphatic heterocycles. The Balaban J connectivity index is 2.16. The standard InChI is InChI=1S/C16H24FN/c1-3-18-11-13-6-4-5-7-16(13)15-9-8-14(17)10-12(15)2/h8-10,13,16,18H,3-7,11H2,1-2H3. The van der Waals surface area contributed by atoms with Crippen molar-refractivity contribution in [1.29, 1.82) is 0 Å². The highest BCUT2D eigenvalue weighted by atomic mass is 19.1. The smallest absolute Gasteiger partial charge is 0.123 e. The van der Waals surface area contributed by atoms with Crippen LogP contribution in [0.2, 0.25) is 0 Å². The Morgan fingerprint density at radius 1 is 1.28 bits per heavy atom. The molecule has 1 N–H and O–H groups in total. The molecule has 1 aliphatic carbocycles. The van der Waals surface area contributed by atoms with Gasteiger partial charge < -0.3 is 5.32 Å². The van der Waals surface area contributed by atoms with Gasteiger partial charge in [-0.05, 0) is 68.0 Å². The third-order valence-electron chi connectivity index (χ3n) is 4.20. The molecule has 2 atom stereocenters. The molecule has 0 bridgehead atoms. The van der Waals surface area contributed by atoms with Crippen molar-refractivity contribution in [1.82, 2.24) is 5.32 Å². The van der Waals surface area contributed by atoms with Gasteiger partial charge in [-0.2, -0.15) is 0 Å². The minimum absolute atomic E-state index is 0.115. The van der Waals surface area contributed by atoms with Crippen molar-refractivity contribution in [2.75, 3.05) is 13.1 Å². The SMILES string of the molecule is CCNCC1CCCCC1c1ccc(F)cc1C. The Hall–Kier alpha value is -0.890. The first kappa shape index (κ1) is 13.5. The predicted molar refractivity (Wildman–Crippen MR) is 74.4 cm³/mol. The van der Waals surface area contributed by atoms with Crippen LogP contribution in [0.1, 0.15) is 49.7 Å². The van der Waals surface area contributed by atoms with Gasteiger partial charge in [-0.3, -0.25) is 0 Å². The van der Waals surface area contributed by atoms with Crippen LogP contribution in [0.25, 0.3) is 0 Å². The fourth-order valence-electron chi connectivity index (χ4n) is 3.25. The number of halogens is 1. The van der Waals surface area contributed by atoms with Crippen molar-refractivity contribution < 1.29 is 4.39 Å². The molecular formula is C16H24FN. The fourth-order valence-corrected chi connectivity index (χ4v) is 3.25. The molecule has 0 spiro atoms. The highest BCUT2D eigenvalue weighted by molar-refractivity contribution is 5.30. The summed E-state index contributed by atoms with van der Waals surface area (Å²) in [6, 6.07) is 5.29. The van der Waals surface area contributed by atoms with Gasteiger partial charge in [0, 0.05) is 0 Å². The molecule has 0 aromatic heterocycles. The molecule has 0 heterocycles. The summed E-state index contributed by atoms with van der Waals surface area (Å²) in [6.07, 6.45) is 5.20. The van der Waals surface area contributed by atoms with Gasteiger partial charge in [0.25, 0.3) is 0 Å². The van der Waals surface area contributed by atoms with Crippen molar-refractivity contribution >= 4 is 0 Å². The van der Waals surface area contributed by atoms with E-state index in [-0.39, 0.29) is 5.82 Å². The topological polar surface area (TPSA) is 12.0 Å². The average molecular weight is 249 g/mol. The average Bonchev–Trinajstić information content (AvgIpc) is 2.37.